The normalized spacial score (nSPS) is 10.6. The molecule has 0 saturated heterocycles. The smallest absolute Gasteiger partial charge is 0.337 e. The van der Waals surface area contributed by atoms with Gasteiger partial charge in [0.05, 0.1) is 16.8 Å². The summed E-state index contributed by atoms with van der Waals surface area (Å²) in [6.07, 6.45) is 0. The van der Waals surface area contributed by atoms with Gasteiger partial charge in [-0.15, -0.1) is 0 Å². The maximum Gasteiger partial charge on any atom is 0.337 e. The number of anilines is 2. The Morgan fingerprint density at radius 3 is 2.64 bits per heavy atom. The summed E-state index contributed by atoms with van der Waals surface area (Å²) in [5.74, 6) is -0.321. The predicted molar refractivity (Wildman–Crippen MR) is 87.9 cm³/mol. The number of pyridine rings is 1. The second-order valence-electron chi connectivity index (χ2n) is 5.32. The Morgan fingerprint density at radius 1 is 1.09 bits per heavy atom. The first-order valence-electron chi connectivity index (χ1n) is 7.02. The number of nitrogens with zero attached hydrogens (tertiary/aromatic N) is 1. The highest BCUT2D eigenvalue weighted by atomic mass is 16.4. The van der Waals surface area contributed by atoms with Crippen LogP contribution in [0.2, 0.25) is 0 Å². The molecule has 2 N–H and O–H groups in total. The summed E-state index contributed by atoms with van der Waals surface area (Å²) in [6.45, 7) is 4.08. The fraction of sp³-hybridized carbons (Fsp3) is 0.111. The van der Waals surface area contributed by atoms with Gasteiger partial charge >= 0.3 is 5.97 Å². The minimum Gasteiger partial charge on any atom is -0.478 e. The van der Waals surface area contributed by atoms with Crippen molar-refractivity contribution in [1.82, 2.24) is 4.98 Å². The topological polar surface area (TPSA) is 62.2 Å². The van der Waals surface area contributed by atoms with E-state index in [1.807, 2.05) is 32.0 Å². The van der Waals surface area contributed by atoms with Gasteiger partial charge in [0, 0.05) is 5.39 Å². The second-order valence-corrected chi connectivity index (χ2v) is 5.32. The number of rotatable bonds is 3. The van der Waals surface area contributed by atoms with Crippen molar-refractivity contribution in [1.29, 1.82) is 0 Å². The van der Waals surface area contributed by atoms with Gasteiger partial charge in [0.25, 0.3) is 0 Å². The van der Waals surface area contributed by atoms with E-state index in [0.29, 0.717) is 11.5 Å². The van der Waals surface area contributed by atoms with E-state index in [1.165, 1.54) is 5.56 Å². The van der Waals surface area contributed by atoms with Gasteiger partial charge < -0.3 is 10.4 Å². The molecule has 0 aliphatic heterocycles. The lowest BCUT2D eigenvalue weighted by molar-refractivity contribution is 0.0698. The molecular formula is C18H16N2O2. The van der Waals surface area contributed by atoms with Crippen molar-refractivity contribution in [2.24, 2.45) is 0 Å². The fourth-order valence-electron chi connectivity index (χ4n) is 2.49. The Bertz CT molecular complexity index is 872. The van der Waals surface area contributed by atoms with Crippen LogP contribution in [0.3, 0.4) is 0 Å². The van der Waals surface area contributed by atoms with Gasteiger partial charge in [-0.05, 0) is 49.7 Å². The zero-order valence-electron chi connectivity index (χ0n) is 12.4. The number of aromatic carboxylic acids is 1. The number of hydrogen-bond donors (Lipinski definition) is 2. The maximum atomic E-state index is 11.3. The van der Waals surface area contributed by atoms with E-state index in [9.17, 15) is 9.90 Å². The molecule has 1 aromatic heterocycles. The molecule has 3 rings (SSSR count). The first-order valence-corrected chi connectivity index (χ1v) is 7.02. The van der Waals surface area contributed by atoms with Crippen LogP contribution in [0.5, 0.6) is 0 Å². The molecule has 22 heavy (non-hydrogen) atoms. The van der Waals surface area contributed by atoms with Crippen molar-refractivity contribution in [3.63, 3.8) is 0 Å². The van der Waals surface area contributed by atoms with Crippen LogP contribution in [0, 0.1) is 13.8 Å². The first-order chi connectivity index (χ1) is 10.5. The Hall–Kier alpha value is -2.88. The summed E-state index contributed by atoms with van der Waals surface area (Å²) < 4.78 is 0. The molecule has 0 unspecified atom stereocenters. The van der Waals surface area contributed by atoms with E-state index in [0.717, 1.165) is 16.5 Å². The molecule has 4 nitrogen and oxygen atoms in total. The Kier molecular flexibility index (Phi) is 3.51. The number of aryl methyl sites for hydroxylation is 2. The molecule has 0 aliphatic carbocycles. The van der Waals surface area contributed by atoms with Crippen molar-refractivity contribution < 1.29 is 9.90 Å². The van der Waals surface area contributed by atoms with Gasteiger partial charge in [-0.2, -0.15) is 0 Å². The molecule has 1 heterocycles. The second kappa shape index (κ2) is 5.48. The minimum atomic E-state index is -0.962. The molecule has 0 saturated carbocycles. The fourth-order valence-corrected chi connectivity index (χ4v) is 2.49. The molecule has 2 aromatic carbocycles. The number of nitrogens with one attached hydrogen (secondary N) is 1. The highest BCUT2D eigenvalue weighted by molar-refractivity contribution is 5.95. The monoisotopic (exact) mass is 292 g/mol. The van der Waals surface area contributed by atoms with Gasteiger partial charge in [-0.3, -0.25) is 0 Å². The molecular weight excluding hydrogens is 276 g/mol. The largest absolute Gasteiger partial charge is 0.478 e. The number of para-hydroxylation sites is 1. The summed E-state index contributed by atoms with van der Waals surface area (Å²) in [5.41, 5.74) is 3.94. The van der Waals surface area contributed by atoms with E-state index in [1.54, 1.807) is 24.3 Å². The lowest BCUT2D eigenvalue weighted by Gasteiger charge is -2.11. The van der Waals surface area contributed by atoms with Crippen LogP contribution in [-0.4, -0.2) is 16.1 Å². The van der Waals surface area contributed by atoms with E-state index in [2.05, 4.69) is 16.4 Å². The summed E-state index contributed by atoms with van der Waals surface area (Å²) in [4.78, 5) is 15.8. The molecule has 0 fully saturated rings. The van der Waals surface area contributed by atoms with E-state index >= 15 is 0 Å². The molecule has 0 atom stereocenters. The van der Waals surface area contributed by atoms with Crippen LogP contribution in [-0.2, 0) is 0 Å². The molecule has 0 bridgehead atoms. The third kappa shape index (κ3) is 2.63. The van der Waals surface area contributed by atoms with Crippen molar-refractivity contribution >= 4 is 28.4 Å². The molecule has 4 heteroatoms. The van der Waals surface area contributed by atoms with E-state index in [-0.39, 0.29) is 5.56 Å². The zero-order valence-corrected chi connectivity index (χ0v) is 12.4. The average Bonchev–Trinajstić information content (AvgIpc) is 2.48. The van der Waals surface area contributed by atoms with Crippen molar-refractivity contribution in [3.05, 3.63) is 65.2 Å². The molecule has 3 aromatic rings. The lowest BCUT2D eigenvalue weighted by atomic mass is 10.1. The first kappa shape index (κ1) is 14.1. The highest BCUT2D eigenvalue weighted by Crippen LogP contribution is 2.25. The predicted octanol–water partition coefficient (Wildman–Crippen LogP) is 4.29. The van der Waals surface area contributed by atoms with Crippen LogP contribution in [0.4, 0.5) is 11.5 Å². The van der Waals surface area contributed by atoms with Crippen LogP contribution in [0.15, 0.2) is 48.5 Å². The lowest BCUT2D eigenvalue weighted by Crippen LogP contribution is -2.03. The summed E-state index contributed by atoms with van der Waals surface area (Å²) in [5, 5.41) is 13.5. The SMILES string of the molecule is Cc1ccc2nc(Nc3ccccc3C(=O)O)cc(C)c2c1. The number of fused-ring (bicyclic) bond motifs is 1. The number of hydrogen-bond acceptors (Lipinski definition) is 3. The number of benzene rings is 2. The molecule has 110 valence electrons. The van der Waals surface area contributed by atoms with Crippen molar-refractivity contribution in [2.45, 2.75) is 13.8 Å². The number of carbonyl (C=O) groups is 1. The number of carboxylic acid groups (broad SMARTS) is 1. The van der Waals surface area contributed by atoms with E-state index < -0.39 is 5.97 Å². The summed E-state index contributed by atoms with van der Waals surface area (Å²) >= 11 is 0. The van der Waals surface area contributed by atoms with Crippen LogP contribution >= 0.6 is 0 Å². The summed E-state index contributed by atoms with van der Waals surface area (Å²) in [7, 11) is 0. The average molecular weight is 292 g/mol. The third-order valence-corrected chi connectivity index (χ3v) is 3.59. The number of aromatic nitrogens is 1. The standard InChI is InChI=1S/C18H16N2O2/c1-11-7-8-16-14(9-11)12(2)10-17(20-16)19-15-6-4-3-5-13(15)18(21)22/h3-10H,1-2H3,(H,19,20)(H,21,22). The number of carboxylic acids is 1. The third-order valence-electron chi connectivity index (χ3n) is 3.59. The molecule has 0 spiro atoms. The molecule has 0 amide bonds. The summed E-state index contributed by atoms with van der Waals surface area (Å²) in [6, 6.07) is 14.8. The van der Waals surface area contributed by atoms with Gasteiger partial charge in [0.15, 0.2) is 0 Å². The molecule has 0 aliphatic rings. The molecule has 0 radical (unpaired) electrons. The van der Waals surface area contributed by atoms with Crippen LogP contribution < -0.4 is 5.32 Å². The van der Waals surface area contributed by atoms with Crippen molar-refractivity contribution in [2.75, 3.05) is 5.32 Å². The van der Waals surface area contributed by atoms with Crippen LogP contribution in [0.1, 0.15) is 21.5 Å². The van der Waals surface area contributed by atoms with Gasteiger partial charge in [-0.25, -0.2) is 9.78 Å². The Balaban J connectivity index is 2.05. The maximum absolute atomic E-state index is 11.3. The van der Waals surface area contributed by atoms with E-state index in [4.69, 9.17) is 0 Å². The van der Waals surface area contributed by atoms with Gasteiger partial charge in [0.2, 0.25) is 0 Å². The van der Waals surface area contributed by atoms with Gasteiger partial charge in [0.1, 0.15) is 5.82 Å². The Morgan fingerprint density at radius 2 is 1.86 bits per heavy atom. The van der Waals surface area contributed by atoms with Crippen LogP contribution in [0.25, 0.3) is 10.9 Å². The Labute approximate surface area is 128 Å². The van der Waals surface area contributed by atoms with Crippen molar-refractivity contribution in [3.8, 4) is 0 Å². The minimum absolute atomic E-state index is 0.228. The van der Waals surface area contributed by atoms with Gasteiger partial charge in [-0.1, -0.05) is 23.8 Å². The highest BCUT2D eigenvalue weighted by Gasteiger charge is 2.10. The zero-order chi connectivity index (χ0) is 15.7. The quantitative estimate of drug-likeness (QED) is 0.755.